The number of amides is 3. The maximum atomic E-state index is 12.7. The van der Waals surface area contributed by atoms with Crippen LogP contribution in [0.3, 0.4) is 0 Å². The summed E-state index contributed by atoms with van der Waals surface area (Å²) in [4.78, 5) is 31.7. The van der Waals surface area contributed by atoms with Gasteiger partial charge in [-0.25, -0.2) is 9.78 Å². The Balaban J connectivity index is 1.65. The van der Waals surface area contributed by atoms with Gasteiger partial charge in [0.15, 0.2) is 5.13 Å². The molecule has 0 aliphatic heterocycles. The van der Waals surface area contributed by atoms with Crippen molar-refractivity contribution in [2.75, 3.05) is 17.2 Å². The van der Waals surface area contributed by atoms with Gasteiger partial charge in [-0.15, -0.1) is 11.3 Å². The van der Waals surface area contributed by atoms with E-state index in [1.807, 2.05) is 39.0 Å². The molecule has 0 saturated heterocycles. The van der Waals surface area contributed by atoms with E-state index in [-0.39, 0.29) is 24.5 Å². The molecule has 0 unspecified atom stereocenters. The summed E-state index contributed by atoms with van der Waals surface area (Å²) < 4.78 is 0. The quantitative estimate of drug-likeness (QED) is 0.856. The monoisotopic (exact) mass is 358 g/mol. The Morgan fingerprint density at radius 1 is 1.24 bits per heavy atom. The number of nitrogens with one attached hydrogen (secondary N) is 2. The first-order valence-electron chi connectivity index (χ1n) is 8.30. The number of anilines is 2. The number of carbonyl (C=O) groups is 2. The van der Waals surface area contributed by atoms with Gasteiger partial charge in [0.05, 0.1) is 0 Å². The minimum absolute atomic E-state index is 0.0278. The normalized spacial score (nSPS) is 13.4. The molecule has 0 bridgehead atoms. The topological polar surface area (TPSA) is 74.3 Å². The third kappa shape index (κ3) is 4.36. The van der Waals surface area contributed by atoms with Gasteiger partial charge in [0.2, 0.25) is 5.91 Å². The number of aryl methyl sites for hydroxylation is 2. The molecule has 1 aromatic heterocycles. The lowest BCUT2D eigenvalue weighted by Crippen LogP contribution is -2.42. The van der Waals surface area contributed by atoms with Gasteiger partial charge in [-0.1, -0.05) is 12.1 Å². The predicted molar refractivity (Wildman–Crippen MR) is 100 cm³/mol. The van der Waals surface area contributed by atoms with Crippen molar-refractivity contribution in [1.29, 1.82) is 0 Å². The Labute approximate surface area is 151 Å². The van der Waals surface area contributed by atoms with Gasteiger partial charge in [-0.2, -0.15) is 0 Å². The third-order valence-corrected chi connectivity index (χ3v) is 5.10. The lowest BCUT2D eigenvalue weighted by Gasteiger charge is -2.23. The van der Waals surface area contributed by atoms with E-state index in [0.29, 0.717) is 5.13 Å². The molecule has 0 atom stereocenters. The molecule has 0 spiro atoms. The number of thiazole rings is 1. The second-order valence-electron chi connectivity index (χ2n) is 6.36. The van der Waals surface area contributed by atoms with E-state index in [0.717, 1.165) is 34.5 Å². The molecule has 3 amide bonds. The van der Waals surface area contributed by atoms with Gasteiger partial charge in [0.1, 0.15) is 6.54 Å². The van der Waals surface area contributed by atoms with E-state index < -0.39 is 0 Å². The highest BCUT2D eigenvalue weighted by Crippen LogP contribution is 2.28. The second-order valence-corrected chi connectivity index (χ2v) is 7.60. The highest BCUT2D eigenvalue weighted by molar-refractivity contribution is 7.15. The Kier molecular flexibility index (Phi) is 5.03. The average molecular weight is 358 g/mol. The summed E-state index contributed by atoms with van der Waals surface area (Å²) in [5.41, 5.74) is 2.94. The van der Waals surface area contributed by atoms with Crippen LogP contribution >= 0.6 is 11.3 Å². The summed E-state index contributed by atoms with van der Waals surface area (Å²) in [6, 6.07) is 5.70. The van der Waals surface area contributed by atoms with Gasteiger partial charge in [-0.05, 0) is 50.8 Å². The SMILES string of the molecule is Cc1cnc(NC(=O)CN(C(=O)Nc2cccc(C)c2C)C2CC2)s1. The molecule has 2 aromatic rings. The van der Waals surface area contributed by atoms with Crippen molar-refractivity contribution in [1.82, 2.24) is 9.88 Å². The van der Waals surface area contributed by atoms with Crippen LogP contribution in [-0.2, 0) is 4.79 Å². The first kappa shape index (κ1) is 17.4. The fourth-order valence-corrected chi connectivity index (χ4v) is 3.23. The van der Waals surface area contributed by atoms with Crippen LogP contribution in [0, 0.1) is 20.8 Å². The summed E-state index contributed by atoms with van der Waals surface area (Å²) in [6.45, 7) is 5.94. The fourth-order valence-electron chi connectivity index (χ4n) is 2.55. The van der Waals surface area contributed by atoms with Crippen LogP contribution in [0.4, 0.5) is 15.6 Å². The zero-order valence-corrected chi connectivity index (χ0v) is 15.4. The van der Waals surface area contributed by atoms with E-state index in [1.165, 1.54) is 11.3 Å². The molecule has 1 aliphatic carbocycles. The number of hydrogen-bond acceptors (Lipinski definition) is 4. The molecule has 1 heterocycles. The lowest BCUT2D eigenvalue weighted by atomic mass is 10.1. The van der Waals surface area contributed by atoms with Crippen molar-refractivity contribution in [3.63, 3.8) is 0 Å². The fraction of sp³-hybridized carbons (Fsp3) is 0.389. The molecule has 1 fully saturated rings. The van der Waals surface area contributed by atoms with Gasteiger partial charge < -0.3 is 15.5 Å². The van der Waals surface area contributed by atoms with Crippen molar-refractivity contribution in [2.45, 2.75) is 39.7 Å². The number of rotatable bonds is 5. The molecule has 1 aromatic carbocycles. The molecule has 2 N–H and O–H groups in total. The van der Waals surface area contributed by atoms with Gasteiger partial charge in [0, 0.05) is 22.8 Å². The van der Waals surface area contributed by atoms with Crippen molar-refractivity contribution in [3.05, 3.63) is 40.4 Å². The molecule has 132 valence electrons. The van der Waals surface area contributed by atoms with E-state index in [4.69, 9.17) is 0 Å². The molecule has 6 nitrogen and oxygen atoms in total. The highest BCUT2D eigenvalue weighted by Gasteiger charge is 2.34. The van der Waals surface area contributed by atoms with Crippen molar-refractivity contribution in [2.24, 2.45) is 0 Å². The molecule has 1 aliphatic rings. The smallest absolute Gasteiger partial charge is 0.312 e. The van der Waals surface area contributed by atoms with Gasteiger partial charge in [0.25, 0.3) is 0 Å². The van der Waals surface area contributed by atoms with E-state index >= 15 is 0 Å². The number of urea groups is 1. The van der Waals surface area contributed by atoms with Gasteiger partial charge in [-0.3, -0.25) is 4.79 Å². The Morgan fingerprint density at radius 3 is 2.64 bits per heavy atom. The Morgan fingerprint density at radius 2 is 2.00 bits per heavy atom. The summed E-state index contributed by atoms with van der Waals surface area (Å²) in [5, 5.41) is 6.26. The van der Waals surface area contributed by atoms with E-state index in [9.17, 15) is 9.59 Å². The number of carbonyl (C=O) groups excluding carboxylic acids is 2. The number of nitrogens with zero attached hydrogens (tertiary/aromatic N) is 2. The van der Waals surface area contributed by atoms with E-state index in [1.54, 1.807) is 11.1 Å². The highest BCUT2D eigenvalue weighted by atomic mass is 32.1. The third-order valence-electron chi connectivity index (χ3n) is 4.28. The predicted octanol–water partition coefficient (Wildman–Crippen LogP) is 3.70. The molecule has 3 rings (SSSR count). The van der Waals surface area contributed by atoms with Crippen molar-refractivity contribution >= 4 is 34.1 Å². The number of benzene rings is 1. The number of hydrogen-bond donors (Lipinski definition) is 2. The van der Waals surface area contributed by atoms with Crippen LogP contribution < -0.4 is 10.6 Å². The van der Waals surface area contributed by atoms with E-state index in [2.05, 4.69) is 15.6 Å². The minimum Gasteiger partial charge on any atom is -0.312 e. The molecular formula is C18H22N4O2S. The van der Waals surface area contributed by atoms with Gasteiger partial charge >= 0.3 is 6.03 Å². The summed E-state index contributed by atoms with van der Waals surface area (Å²) in [6.07, 6.45) is 3.58. The van der Waals surface area contributed by atoms with Crippen LogP contribution in [0.5, 0.6) is 0 Å². The molecule has 25 heavy (non-hydrogen) atoms. The molecule has 7 heteroatoms. The van der Waals surface area contributed by atoms with Crippen LogP contribution in [0.15, 0.2) is 24.4 Å². The average Bonchev–Trinajstić information content (AvgIpc) is 3.32. The minimum atomic E-state index is -0.235. The zero-order chi connectivity index (χ0) is 18.0. The Bertz CT molecular complexity index is 798. The summed E-state index contributed by atoms with van der Waals surface area (Å²) in [5.74, 6) is -0.225. The first-order chi connectivity index (χ1) is 11.9. The maximum absolute atomic E-state index is 12.7. The largest absolute Gasteiger partial charge is 0.322 e. The summed E-state index contributed by atoms with van der Waals surface area (Å²) >= 11 is 1.42. The Hall–Kier alpha value is -2.41. The standard InChI is InChI=1S/C18H22N4O2S/c1-11-5-4-6-15(13(11)3)20-18(24)22(14-7-8-14)10-16(23)21-17-19-9-12(2)25-17/h4-6,9,14H,7-8,10H2,1-3H3,(H,20,24)(H,19,21,23). The second kappa shape index (κ2) is 7.23. The maximum Gasteiger partial charge on any atom is 0.322 e. The van der Waals surface area contributed by atoms with Crippen LogP contribution in [-0.4, -0.2) is 34.4 Å². The van der Waals surface area contributed by atoms with Crippen LogP contribution in [0.25, 0.3) is 0 Å². The number of aromatic nitrogens is 1. The van der Waals surface area contributed by atoms with Crippen molar-refractivity contribution < 1.29 is 9.59 Å². The molecule has 1 saturated carbocycles. The van der Waals surface area contributed by atoms with Crippen molar-refractivity contribution in [3.8, 4) is 0 Å². The summed E-state index contributed by atoms with van der Waals surface area (Å²) in [7, 11) is 0. The van der Waals surface area contributed by atoms with Crippen LogP contribution in [0.2, 0.25) is 0 Å². The zero-order valence-electron chi connectivity index (χ0n) is 14.6. The van der Waals surface area contributed by atoms with Crippen LogP contribution in [0.1, 0.15) is 28.8 Å². The first-order valence-corrected chi connectivity index (χ1v) is 9.12. The molecular weight excluding hydrogens is 336 g/mol. The molecule has 0 radical (unpaired) electrons. The lowest BCUT2D eigenvalue weighted by molar-refractivity contribution is -0.116.